The highest BCUT2D eigenvalue weighted by Gasteiger charge is 2.49. The lowest BCUT2D eigenvalue weighted by molar-refractivity contribution is -0.124. The van der Waals surface area contributed by atoms with E-state index in [4.69, 9.17) is 12.2 Å². The normalized spacial score (nSPS) is 22.1. The lowest BCUT2D eigenvalue weighted by Gasteiger charge is -2.49. The van der Waals surface area contributed by atoms with Crippen molar-refractivity contribution in [2.45, 2.75) is 51.5 Å². The Morgan fingerprint density at radius 3 is 2.59 bits per heavy atom. The Hall–Kier alpha value is -2.25. The largest absolute Gasteiger partial charge is 0.336 e. The second-order valence-electron chi connectivity index (χ2n) is 7.75. The van der Waals surface area contributed by atoms with Gasteiger partial charge >= 0.3 is 0 Å². The van der Waals surface area contributed by atoms with Gasteiger partial charge in [0, 0.05) is 30.9 Å². The number of carbonyl (C=O) groups is 2. The minimum absolute atomic E-state index is 0.292. The van der Waals surface area contributed by atoms with Gasteiger partial charge < -0.3 is 15.5 Å². The monoisotopic (exact) mass is 414 g/mol. The predicted octanol–water partition coefficient (Wildman–Crippen LogP) is 2.97. The molecule has 1 unspecified atom stereocenters. The van der Waals surface area contributed by atoms with Crippen LogP contribution < -0.4 is 16.0 Å². The molecule has 1 fully saturated rings. The first-order chi connectivity index (χ1) is 14.0. The van der Waals surface area contributed by atoms with E-state index < -0.39 is 5.54 Å². The quantitative estimate of drug-likeness (QED) is 0.362. The van der Waals surface area contributed by atoms with Crippen LogP contribution in [0.25, 0.3) is 0 Å². The van der Waals surface area contributed by atoms with Crippen LogP contribution in [0.2, 0.25) is 0 Å². The van der Waals surface area contributed by atoms with Crippen molar-refractivity contribution in [2.75, 3.05) is 25.0 Å². The second kappa shape index (κ2) is 9.50. The lowest BCUT2D eigenvalue weighted by Crippen LogP contribution is -2.65. The fourth-order valence-corrected chi connectivity index (χ4v) is 4.71. The molecule has 0 spiro atoms. The van der Waals surface area contributed by atoms with Crippen LogP contribution in [0.4, 0.5) is 5.69 Å². The summed E-state index contributed by atoms with van der Waals surface area (Å²) in [5.41, 5.74) is 1.34. The molecule has 2 aliphatic rings. The fourth-order valence-electron chi connectivity index (χ4n) is 4.32. The molecule has 156 valence electrons. The average Bonchev–Trinajstić information content (AvgIpc) is 2.98. The predicted molar refractivity (Wildman–Crippen MR) is 120 cm³/mol. The number of anilines is 1. The highest BCUT2D eigenvalue weighted by atomic mass is 32.1. The van der Waals surface area contributed by atoms with Crippen molar-refractivity contribution in [3.05, 3.63) is 41.5 Å². The highest BCUT2D eigenvalue weighted by Crippen LogP contribution is 2.37. The number of thiocarbonyl (C=S) groups is 1. The van der Waals surface area contributed by atoms with Crippen LogP contribution in [-0.4, -0.2) is 47.0 Å². The Bertz CT molecular complexity index is 808. The molecule has 2 amide bonds. The molecule has 0 bridgehead atoms. The van der Waals surface area contributed by atoms with Crippen molar-refractivity contribution in [2.24, 2.45) is 0 Å². The summed E-state index contributed by atoms with van der Waals surface area (Å²) in [5.74, 6) is -0.593. The number of hydrogen-bond acceptors (Lipinski definition) is 4. The van der Waals surface area contributed by atoms with Crippen LogP contribution in [0, 0.1) is 0 Å². The smallest absolute Gasteiger partial charge is 0.256 e. The summed E-state index contributed by atoms with van der Waals surface area (Å²) >= 11 is 5.80. The van der Waals surface area contributed by atoms with Crippen LogP contribution in [0.1, 0.15) is 46.0 Å². The number of hydrogen-bond donors (Lipinski definition) is 3. The van der Waals surface area contributed by atoms with Crippen LogP contribution >= 0.6 is 12.2 Å². The highest BCUT2D eigenvalue weighted by molar-refractivity contribution is 7.80. The van der Waals surface area contributed by atoms with Crippen LogP contribution in [-0.2, 0) is 9.59 Å². The maximum atomic E-state index is 12.8. The van der Waals surface area contributed by atoms with Crippen molar-refractivity contribution >= 4 is 34.8 Å². The van der Waals surface area contributed by atoms with E-state index in [1.165, 1.54) is 0 Å². The third-order valence-electron chi connectivity index (χ3n) is 5.80. The van der Waals surface area contributed by atoms with Crippen molar-refractivity contribution in [1.82, 2.24) is 15.5 Å². The number of nitrogens with zero attached hydrogens (tertiary/aromatic N) is 1. The second-order valence-corrected chi connectivity index (χ2v) is 8.14. The van der Waals surface area contributed by atoms with E-state index >= 15 is 0 Å². The Morgan fingerprint density at radius 1 is 1.17 bits per heavy atom. The van der Waals surface area contributed by atoms with Crippen molar-refractivity contribution in [1.29, 1.82) is 0 Å². The van der Waals surface area contributed by atoms with Gasteiger partial charge in [-0.2, -0.15) is 0 Å². The SMILES string of the molecule is CCCCCCC1(C2=C(C)C(=O)NC2=O)CNCCN1C(=S)Nc1ccccc1. The van der Waals surface area contributed by atoms with E-state index in [0.717, 1.165) is 44.3 Å². The molecule has 2 aliphatic heterocycles. The number of amides is 2. The van der Waals surface area contributed by atoms with Crippen LogP contribution in [0.3, 0.4) is 0 Å². The number of nitrogens with one attached hydrogen (secondary N) is 3. The lowest BCUT2D eigenvalue weighted by atomic mass is 9.79. The summed E-state index contributed by atoms with van der Waals surface area (Å²) in [7, 11) is 0. The number of benzene rings is 1. The minimum Gasteiger partial charge on any atom is -0.336 e. The number of para-hydroxylation sites is 1. The standard InChI is InChI=1S/C22H30N4O2S/c1-3-4-5-9-12-22(18-16(2)19(27)25-20(18)28)15-23-13-14-26(22)21(29)24-17-10-7-6-8-11-17/h6-8,10-11,23H,3-5,9,12-15H2,1-2H3,(H,24,29)(H,25,27,28). The first-order valence-corrected chi connectivity index (χ1v) is 10.8. The number of rotatable bonds is 7. The Balaban J connectivity index is 1.95. The van der Waals surface area contributed by atoms with E-state index in [2.05, 4.69) is 27.8 Å². The van der Waals surface area contributed by atoms with Gasteiger partial charge in [0.05, 0.1) is 11.1 Å². The van der Waals surface area contributed by atoms with Crippen molar-refractivity contribution in [3.63, 3.8) is 0 Å². The first-order valence-electron chi connectivity index (χ1n) is 10.4. The van der Waals surface area contributed by atoms with E-state index in [-0.39, 0.29) is 11.8 Å². The maximum Gasteiger partial charge on any atom is 0.256 e. The maximum absolute atomic E-state index is 12.8. The zero-order chi connectivity index (χ0) is 20.9. The molecule has 29 heavy (non-hydrogen) atoms. The molecular weight excluding hydrogens is 384 g/mol. The number of piperazine rings is 1. The van der Waals surface area contributed by atoms with Gasteiger partial charge in [-0.1, -0.05) is 50.8 Å². The summed E-state index contributed by atoms with van der Waals surface area (Å²) < 4.78 is 0. The van der Waals surface area contributed by atoms with Gasteiger partial charge in [0.2, 0.25) is 0 Å². The molecular formula is C22H30N4O2S. The Morgan fingerprint density at radius 2 is 1.93 bits per heavy atom. The van der Waals surface area contributed by atoms with E-state index in [1.807, 2.05) is 30.3 Å². The van der Waals surface area contributed by atoms with Crippen molar-refractivity contribution in [3.8, 4) is 0 Å². The molecule has 3 N–H and O–H groups in total. The summed E-state index contributed by atoms with van der Waals surface area (Å²) in [6.07, 6.45) is 5.12. The van der Waals surface area contributed by atoms with Gasteiger partial charge in [0.1, 0.15) is 0 Å². The van der Waals surface area contributed by atoms with Gasteiger partial charge in [-0.25, -0.2) is 0 Å². The van der Waals surface area contributed by atoms with Gasteiger partial charge in [0.25, 0.3) is 11.8 Å². The molecule has 0 radical (unpaired) electrons. The van der Waals surface area contributed by atoms with Crippen LogP contribution in [0.5, 0.6) is 0 Å². The molecule has 3 rings (SSSR count). The van der Waals surface area contributed by atoms with Gasteiger partial charge in [0.15, 0.2) is 5.11 Å². The molecule has 0 aliphatic carbocycles. The third-order valence-corrected chi connectivity index (χ3v) is 6.12. The molecule has 2 heterocycles. The van der Waals surface area contributed by atoms with Crippen LogP contribution in [0.15, 0.2) is 41.5 Å². The molecule has 1 aromatic rings. The fraction of sp³-hybridized carbons (Fsp3) is 0.500. The van der Waals surface area contributed by atoms with E-state index in [1.54, 1.807) is 6.92 Å². The topological polar surface area (TPSA) is 73.5 Å². The summed E-state index contributed by atoms with van der Waals surface area (Å²) in [4.78, 5) is 27.2. The van der Waals surface area contributed by atoms with Gasteiger partial charge in [-0.05, 0) is 37.7 Å². The zero-order valence-electron chi connectivity index (χ0n) is 17.2. The molecule has 7 heteroatoms. The summed E-state index contributed by atoms with van der Waals surface area (Å²) in [5, 5.41) is 9.83. The molecule has 1 aromatic carbocycles. The van der Waals surface area contributed by atoms with E-state index in [9.17, 15) is 9.59 Å². The minimum atomic E-state index is -0.634. The third kappa shape index (κ3) is 4.51. The average molecular weight is 415 g/mol. The van der Waals surface area contributed by atoms with Crippen molar-refractivity contribution < 1.29 is 9.59 Å². The van der Waals surface area contributed by atoms with E-state index in [0.29, 0.717) is 29.3 Å². The van der Waals surface area contributed by atoms with Gasteiger partial charge in [-0.3, -0.25) is 14.9 Å². The van der Waals surface area contributed by atoms with Gasteiger partial charge in [-0.15, -0.1) is 0 Å². The number of carbonyl (C=O) groups excluding carboxylic acids is 2. The Kier molecular flexibility index (Phi) is 7.03. The molecule has 1 saturated heterocycles. The summed E-state index contributed by atoms with van der Waals surface area (Å²) in [6.45, 7) is 5.95. The first kappa shape index (κ1) is 21.5. The summed E-state index contributed by atoms with van der Waals surface area (Å²) in [6, 6.07) is 9.80. The molecule has 6 nitrogen and oxygen atoms in total. The molecule has 0 aromatic heterocycles. The number of imide groups is 1. The number of unbranched alkanes of at least 4 members (excludes halogenated alkanes) is 3. The Labute approximate surface area is 178 Å². The zero-order valence-corrected chi connectivity index (χ0v) is 18.0. The molecule has 0 saturated carbocycles. The molecule has 1 atom stereocenters.